The highest BCUT2D eigenvalue weighted by atomic mass is 32.1. The van der Waals surface area contributed by atoms with Crippen LogP contribution in [-0.4, -0.2) is 25.3 Å². The third-order valence-electron chi connectivity index (χ3n) is 4.10. The van der Waals surface area contributed by atoms with Gasteiger partial charge >= 0.3 is 0 Å². The van der Waals surface area contributed by atoms with Gasteiger partial charge < -0.3 is 5.11 Å². The number of aromatic nitrogens is 3. The normalized spacial score (nSPS) is 16.6. The molecule has 4 nitrogen and oxygen atoms in total. The predicted molar refractivity (Wildman–Crippen MR) is 87.5 cm³/mol. The van der Waals surface area contributed by atoms with Crippen molar-refractivity contribution in [1.29, 1.82) is 0 Å². The molecule has 0 spiro atoms. The molecule has 0 aliphatic heterocycles. The van der Waals surface area contributed by atoms with Gasteiger partial charge in [-0.2, -0.15) is 5.10 Å². The molecule has 1 saturated carbocycles. The van der Waals surface area contributed by atoms with Gasteiger partial charge in [0.15, 0.2) is 0 Å². The first-order valence-electron chi connectivity index (χ1n) is 7.38. The second kappa shape index (κ2) is 5.24. The van der Waals surface area contributed by atoms with Gasteiger partial charge in [0.2, 0.25) is 0 Å². The number of nitrogens with one attached hydrogen (secondary N) is 1. The Morgan fingerprint density at radius 3 is 2.86 bits per heavy atom. The van der Waals surface area contributed by atoms with Crippen molar-refractivity contribution in [2.75, 3.05) is 0 Å². The number of hydrogen-bond donors (Lipinski definition) is 2. The molecule has 5 heteroatoms. The first-order chi connectivity index (χ1) is 10.7. The molecule has 2 heterocycles. The Balaban J connectivity index is 1.74. The molecule has 0 bridgehead atoms. The quantitative estimate of drug-likeness (QED) is 0.678. The van der Waals surface area contributed by atoms with E-state index >= 15 is 0 Å². The van der Waals surface area contributed by atoms with Crippen molar-refractivity contribution >= 4 is 22.4 Å². The maximum Gasteiger partial charge on any atom is 0.125 e. The first kappa shape index (κ1) is 13.5. The third kappa shape index (κ3) is 2.41. The molecule has 0 amide bonds. The van der Waals surface area contributed by atoms with Crippen LogP contribution in [0.2, 0.25) is 0 Å². The van der Waals surface area contributed by atoms with Crippen LogP contribution < -0.4 is 0 Å². The molecule has 0 atom stereocenters. The number of H-pyrrole nitrogens is 1. The largest absolute Gasteiger partial charge is 0.378 e. The number of rotatable bonds is 1. The fourth-order valence-electron chi connectivity index (χ4n) is 2.89. The van der Waals surface area contributed by atoms with E-state index in [1.54, 1.807) is 6.20 Å². The van der Waals surface area contributed by atoms with Gasteiger partial charge in [0.05, 0.1) is 10.4 Å². The Morgan fingerprint density at radius 2 is 2.09 bits per heavy atom. The van der Waals surface area contributed by atoms with Crippen molar-refractivity contribution in [3.05, 3.63) is 36.0 Å². The Bertz CT molecular complexity index is 864. The van der Waals surface area contributed by atoms with Crippen LogP contribution in [-0.2, 0) is 0 Å². The summed E-state index contributed by atoms with van der Waals surface area (Å²) in [5.41, 5.74) is 1.99. The zero-order valence-electron chi connectivity index (χ0n) is 12.0. The highest BCUT2D eigenvalue weighted by molar-refractivity contribution is 7.09. The lowest BCUT2D eigenvalue weighted by atomic mass is 10.0. The molecule has 2 aromatic heterocycles. The molecular weight excluding hydrogens is 294 g/mol. The summed E-state index contributed by atoms with van der Waals surface area (Å²) in [7, 11) is 0. The second-order valence-corrected chi connectivity index (χ2v) is 6.53. The van der Waals surface area contributed by atoms with E-state index in [4.69, 9.17) is 0 Å². The Hall–Kier alpha value is -2.16. The van der Waals surface area contributed by atoms with Gasteiger partial charge in [-0.1, -0.05) is 11.8 Å². The highest BCUT2D eigenvalue weighted by Crippen LogP contribution is 2.30. The lowest BCUT2D eigenvalue weighted by Gasteiger charge is -2.12. The molecule has 1 aromatic carbocycles. The van der Waals surface area contributed by atoms with Gasteiger partial charge in [-0.25, -0.2) is 4.37 Å². The smallest absolute Gasteiger partial charge is 0.125 e. The molecule has 1 aliphatic rings. The van der Waals surface area contributed by atoms with Crippen LogP contribution in [0.25, 0.3) is 21.5 Å². The number of nitrogens with zero attached hydrogens (tertiary/aromatic N) is 2. The Kier molecular flexibility index (Phi) is 3.21. The summed E-state index contributed by atoms with van der Waals surface area (Å²) in [6, 6.07) is 7.93. The average Bonchev–Trinajstić information content (AvgIpc) is 3.25. The van der Waals surface area contributed by atoms with Crippen molar-refractivity contribution in [2.45, 2.75) is 31.3 Å². The van der Waals surface area contributed by atoms with Crippen LogP contribution in [0.3, 0.4) is 0 Å². The van der Waals surface area contributed by atoms with Crippen molar-refractivity contribution in [1.82, 2.24) is 14.6 Å². The predicted octanol–water partition coefficient (Wildman–Crippen LogP) is 3.34. The van der Waals surface area contributed by atoms with E-state index < -0.39 is 5.60 Å². The molecule has 1 fully saturated rings. The fraction of sp³-hybridized carbons (Fsp3) is 0.294. The standard InChI is InChI=1S/C17H15N3OS/c21-17(7-1-2-8-17)9-5-12-3-4-14-13(11-12)16(20-19-14)15-6-10-18-22-15/h3-4,6,10-11,21H,1-2,7-8H2,(H,19,20). The molecule has 2 N–H and O–H groups in total. The van der Waals surface area contributed by atoms with E-state index in [9.17, 15) is 5.11 Å². The summed E-state index contributed by atoms with van der Waals surface area (Å²) >= 11 is 1.43. The summed E-state index contributed by atoms with van der Waals surface area (Å²) in [5.74, 6) is 6.18. The van der Waals surface area contributed by atoms with E-state index in [2.05, 4.69) is 26.4 Å². The molecule has 0 unspecified atom stereocenters. The van der Waals surface area contributed by atoms with Gasteiger partial charge in [0.25, 0.3) is 0 Å². The van der Waals surface area contributed by atoms with Crippen LogP contribution in [0, 0.1) is 11.8 Å². The first-order valence-corrected chi connectivity index (χ1v) is 8.16. The van der Waals surface area contributed by atoms with E-state index in [0.717, 1.165) is 52.7 Å². The minimum atomic E-state index is -0.800. The van der Waals surface area contributed by atoms with Crippen molar-refractivity contribution < 1.29 is 5.11 Å². The topological polar surface area (TPSA) is 61.8 Å². The maximum absolute atomic E-state index is 10.3. The number of hydrogen-bond acceptors (Lipinski definition) is 4. The summed E-state index contributed by atoms with van der Waals surface area (Å²) in [6.07, 6.45) is 5.45. The molecule has 0 saturated heterocycles. The van der Waals surface area contributed by atoms with E-state index in [1.807, 2.05) is 24.3 Å². The van der Waals surface area contributed by atoms with Gasteiger partial charge in [-0.05, 0) is 61.5 Å². The number of aromatic amines is 1. The zero-order valence-corrected chi connectivity index (χ0v) is 12.8. The van der Waals surface area contributed by atoms with Crippen molar-refractivity contribution in [2.24, 2.45) is 0 Å². The summed E-state index contributed by atoms with van der Waals surface area (Å²) in [6.45, 7) is 0. The Labute approximate surface area is 132 Å². The summed E-state index contributed by atoms with van der Waals surface area (Å²) in [5, 5.41) is 18.8. The molecule has 22 heavy (non-hydrogen) atoms. The molecule has 3 aromatic rings. The number of benzene rings is 1. The zero-order chi connectivity index (χ0) is 15.0. The number of aliphatic hydroxyl groups is 1. The van der Waals surface area contributed by atoms with Crippen molar-refractivity contribution in [3.8, 4) is 22.4 Å². The lowest BCUT2D eigenvalue weighted by molar-refractivity contribution is 0.110. The second-order valence-electron chi connectivity index (χ2n) is 5.70. The highest BCUT2D eigenvalue weighted by Gasteiger charge is 2.28. The number of fused-ring (bicyclic) bond motifs is 1. The molecular formula is C17H15N3OS. The molecule has 110 valence electrons. The van der Waals surface area contributed by atoms with Crippen LogP contribution in [0.1, 0.15) is 31.2 Å². The maximum atomic E-state index is 10.3. The van der Waals surface area contributed by atoms with Crippen LogP contribution in [0.5, 0.6) is 0 Å². The lowest BCUT2D eigenvalue weighted by Crippen LogP contribution is -2.20. The minimum absolute atomic E-state index is 0.778. The monoisotopic (exact) mass is 309 g/mol. The van der Waals surface area contributed by atoms with Crippen LogP contribution in [0.15, 0.2) is 30.5 Å². The molecule has 0 radical (unpaired) electrons. The molecule has 4 rings (SSSR count). The van der Waals surface area contributed by atoms with Gasteiger partial charge in [-0.15, -0.1) is 0 Å². The average molecular weight is 309 g/mol. The van der Waals surface area contributed by atoms with E-state index in [1.165, 1.54) is 11.5 Å². The van der Waals surface area contributed by atoms with E-state index in [0.29, 0.717) is 0 Å². The van der Waals surface area contributed by atoms with Gasteiger partial charge in [0, 0.05) is 17.1 Å². The summed E-state index contributed by atoms with van der Waals surface area (Å²) < 4.78 is 4.13. The van der Waals surface area contributed by atoms with Gasteiger partial charge in [-0.3, -0.25) is 5.10 Å². The Morgan fingerprint density at radius 1 is 1.23 bits per heavy atom. The van der Waals surface area contributed by atoms with Crippen molar-refractivity contribution in [3.63, 3.8) is 0 Å². The molecule has 1 aliphatic carbocycles. The van der Waals surface area contributed by atoms with Crippen LogP contribution in [0.4, 0.5) is 0 Å². The third-order valence-corrected chi connectivity index (χ3v) is 4.86. The van der Waals surface area contributed by atoms with Gasteiger partial charge in [0.1, 0.15) is 11.3 Å². The SMILES string of the molecule is OC1(C#Cc2ccc3[nH]nc(-c4ccns4)c3c2)CCCC1. The van der Waals surface area contributed by atoms with E-state index in [-0.39, 0.29) is 0 Å². The minimum Gasteiger partial charge on any atom is -0.378 e. The fourth-order valence-corrected chi connectivity index (χ4v) is 3.49. The van der Waals surface area contributed by atoms with Crippen LogP contribution >= 0.6 is 11.5 Å². The summed E-state index contributed by atoms with van der Waals surface area (Å²) in [4.78, 5) is 1.03.